The number of hydrogen-bond donors (Lipinski definition) is 1. The van der Waals surface area contributed by atoms with Crippen LogP contribution in [0.3, 0.4) is 0 Å². The number of phenolic OH excluding ortho intramolecular Hbond substituents is 1. The quantitative estimate of drug-likeness (QED) is 0.802. The van der Waals surface area contributed by atoms with Crippen LogP contribution in [0, 0.1) is 0 Å². The summed E-state index contributed by atoms with van der Waals surface area (Å²) in [4.78, 5) is 15.3. The molecule has 17 heavy (non-hydrogen) atoms. The van der Waals surface area contributed by atoms with Gasteiger partial charge in [0.15, 0.2) is 6.29 Å². The number of para-hydroxylation sites is 1. The first-order valence-electron chi connectivity index (χ1n) is 6.00. The summed E-state index contributed by atoms with van der Waals surface area (Å²) in [7, 11) is 0. The summed E-state index contributed by atoms with van der Waals surface area (Å²) in [5.74, 6) is 0.104. The lowest BCUT2D eigenvalue weighted by Gasteiger charge is -2.35. The Bertz CT molecular complexity index is 398. The van der Waals surface area contributed by atoms with E-state index in [0.29, 0.717) is 11.8 Å². The van der Waals surface area contributed by atoms with Crippen molar-refractivity contribution in [1.82, 2.24) is 4.90 Å². The van der Waals surface area contributed by atoms with Gasteiger partial charge in [0, 0.05) is 26.2 Å². The van der Waals surface area contributed by atoms with Crippen molar-refractivity contribution >= 4 is 12.0 Å². The highest BCUT2D eigenvalue weighted by atomic mass is 16.3. The molecular weight excluding hydrogens is 216 g/mol. The highest BCUT2D eigenvalue weighted by Gasteiger charge is 2.19. The molecule has 0 amide bonds. The van der Waals surface area contributed by atoms with Crippen molar-refractivity contribution in [3.05, 3.63) is 23.8 Å². The van der Waals surface area contributed by atoms with Gasteiger partial charge in [-0.2, -0.15) is 0 Å². The highest BCUT2D eigenvalue weighted by molar-refractivity contribution is 5.83. The van der Waals surface area contributed by atoms with E-state index in [2.05, 4.69) is 16.7 Å². The number of benzene rings is 1. The molecule has 0 aliphatic carbocycles. The fourth-order valence-electron chi connectivity index (χ4n) is 2.20. The maximum Gasteiger partial charge on any atom is 0.153 e. The van der Waals surface area contributed by atoms with Crippen LogP contribution < -0.4 is 4.90 Å². The molecule has 1 aliphatic heterocycles. The normalized spacial score (nSPS) is 17.1. The molecule has 0 bridgehead atoms. The lowest BCUT2D eigenvalue weighted by molar-refractivity contribution is 0.112. The Morgan fingerprint density at radius 3 is 2.59 bits per heavy atom. The standard InChI is InChI=1S/C13H18N2O2/c1-2-14-6-8-15(9-7-14)12-5-3-4-11(10-16)13(12)17/h3-5,10,17H,2,6-9H2,1H3. The first-order chi connectivity index (χ1) is 8.26. The van der Waals surface area contributed by atoms with E-state index >= 15 is 0 Å². The zero-order chi connectivity index (χ0) is 12.3. The van der Waals surface area contributed by atoms with E-state index in [0.717, 1.165) is 38.4 Å². The Kier molecular flexibility index (Phi) is 3.64. The molecule has 4 heteroatoms. The summed E-state index contributed by atoms with van der Waals surface area (Å²) in [6.45, 7) is 7.00. The minimum absolute atomic E-state index is 0.104. The van der Waals surface area contributed by atoms with Crippen LogP contribution in [0.1, 0.15) is 17.3 Å². The molecular formula is C13H18N2O2. The molecule has 1 aromatic carbocycles. The number of aromatic hydroxyl groups is 1. The third-order valence-corrected chi connectivity index (χ3v) is 3.33. The molecule has 0 atom stereocenters. The van der Waals surface area contributed by atoms with Gasteiger partial charge < -0.3 is 14.9 Å². The minimum atomic E-state index is 0.104. The first kappa shape index (κ1) is 11.9. The molecule has 1 aliphatic rings. The number of piperazine rings is 1. The zero-order valence-corrected chi connectivity index (χ0v) is 10.1. The van der Waals surface area contributed by atoms with Gasteiger partial charge in [-0.3, -0.25) is 4.79 Å². The van der Waals surface area contributed by atoms with Crippen molar-refractivity contribution in [2.75, 3.05) is 37.6 Å². The van der Waals surface area contributed by atoms with Crippen molar-refractivity contribution in [1.29, 1.82) is 0 Å². The summed E-state index contributed by atoms with van der Waals surface area (Å²) in [6, 6.07) is 5.31. The molecule has 4 nitrogen and oxygen atoms in total. The molecule has 1 fully saturated rings. The fraction of sp³-hybridized carbons (Fsp3) is 0.462. The van der Waals surface area contributed by atoms with Crippen molar-refractivity contribution in [2.45, 2.75) is 6.92 Å². The van der Waals surface area contributed by atoms with Gasteiger partial charge in [-0.05, 0) is 18.7 Å². The van der Waals surface area contributed by atoms with Gasteiger partial charge in [-0.25, -0.2) is 0 Å². The molecule has 1 heterocycles. The van der Waals surface area contributed by atoms with Crippen LogP contribution in [-0.2, 0) is 0 Å². The summed E-state index contributed by atoms with van der Waals surface area (Å²) in [5.41, 5.74) is 1.13. The van der Waals surface area contributed by atoms with Gasteiger partial charge in [0.2, 0.25) is 0 Å². The Labute approximate surface area is 101 Å². The van der Waals surface area contributed by atoms with Crippen molar-refractivity contribution in [3.8, 4) is 5.75 Å². The van der Waals surface area contributed by atoms with E-state index in [9.17, 15) is 9.90 Å². The Balaban J connectivity index is 2.16. The first-order valence-corrected chi connectivity index (χ1v) is 6.00. The molecule has 1 aromatic rings. The van der Waals surface area contributed by atoms with Gasteiger partial charge in [0.05, 0.1) is 11.3 Å². The number of rotatable bonds is 3. The molecule has 0 aromatic heterocycles. The van der Waals surface area contributed by atoms with Crippen LogP contribution in [0.5, 0.6) is 5.75 Å². The van der Waals surface area contributed by atoms with Crippen LogP contribution >= 0.6 is 0 Å². The number of phenols is 1. The second kappa shape index (κ2) is 5.19. The largest absolute Gasteiger partial charge is 0.505 e. The molecule has 0 radical (unpaired) electrons. The zero-order valence-electron chi connectivity index (χ0n) is 10.1. The van der Waals surface area contributed by atoms with Crippen molar-refractivity contribution in [2.24, 2.45) is 0 Å². The Morgan fingerprint density at radius 1 is 1.29 bits per heavy atom. The number of hydrogen-bond acceptors (Lipinski definition) is 4. The third-order valence-electron chi connectivity index (χ3n) is 3.33. The van der Waals surface area contributed by atoms with Crippen LogP contribution in [0.15, 0.2) is 18.2 Å². The molecule has 0 unspecified atom stereocenters. The van der Waals surface area contributed by atoms with Crippen LogP contribution in [-0.4, -0.2) is 49.0 Å². The van der Waals surface area contributed by atoms with Crippen molar-refractivity contribution < 1.29 is 9.90 Å². The smallest absolute Gasteiger partial charge is 0.153 e. The second-order valence-corrected chi connectivity index (χ2v) is 4.25. The van der Waals surface area contributed by atoms with E-state index in [1.807, 2.05) is 12.1 Å². The van der Waals surface area contributed by atoms with Crippen LogP contribution in [0.4, 0.5) is 5.69 Å². The number of carbonyl (C=O) groups excluding carboxylic acids is 1. The summed E-state index contributed by atoms with van der Waals surface area (Å²) in [5, 5.41) is 9.98. The number of aldehydes is 1. The monoisotopic (exact) mass is 234 g/mol. The van der Waals surface area contributed by atoms with Gasteiger partial charge in [-0.1, -0.05) is 13.0 Å². The van der Waals surface area contributed by atoms with E-state index in [-0.39, 0.29) is 5.75 Å². The van der Waals surface area contributed by atoms with Gasteiger partial charge in [0.25, 0.3) is 0 Å². The topological polar surface area (TPSA) is 43.8 Å². The maximum absolute atomic E-state index is 10.8. The minimum Gasteiger partial charge on any atom is -0.505 e. The average Bonchev–Trinajstić information content (AvgIpc) is 2.39. The molecule has 2 rings (SSSR count). The Morgan fingerprint density at radius 2 is 2.00 bits per heavy atom. The number of likely N-dealkylation sites (N-methyl/N-ethyl adjacent to an activating group) is 1. The predicted molar refractivity (Wildman–Crippen MR) is 67.8 cm³/mol. The predicted octanol–water partition coefficient (Wildman–Crippen LogP) is 1.35. The van der Waals surface area contributed by atoms with E-state index in [1.165, 1.54) is 0 Å². The number of carbonyl (C=O) groups is 1. The molecule has 92 valence electrons. The van der Waals surface area contributed by atoms with Crippen molar-refractivity contribution in [3.63, 3.8) is 0 Å². The van der Waals surface area contributed by atoms with Gasteiger partial charge in [-0.15, -0.1) is 0 Å². The number of nitrogens with zero attached hydrogens (tertiary/aromatic N) is 2. The summed E-state index contributed by atoms with van der Waals surface area (Å²) in [6.07, 6.45) is 0.696. The highest BCUT2D eigenvalue weighted by Crippen LogP contribution is 2.30. The third kappa shape index (κ3) is 2.42. The summed E-state index contributed by atoms with van der Waals surface area (Å²) < 4.78 is 0. The summed E-state index contributed by atoms with van der Waals surface area (Å²) >= 11 is 0. The molecule has 1 N–H and O–H groups in total. The van der Waals surface area contributed by atoms with Gasteiger partial charge >= 0.3 is 0 Å². The Hall–Kier alpha value is -1.55. The van der Waals surface area contributed by atoms with E-state index in [4.69, 9.17) is 0 Å². The molecule has 1 saturated heterocycles. The second-order valence-electron chi connectivity index (χ2n) is 4.25. The van der Waals surface area contributed by atoms with Gasteiger partial charge in [0.1, 0.15) is 5.75 Å². The SMILES string of the molecule is CCN1CCN(c2cccc(C=O)c2O)CC1. The van der Waals surface area contributed by atoms with E-state index < -0.39 is 0 Å². The number of anilines is 1. The van der Waals surface area contributed by atoms with Crippen LogP contribution in [0.2, 0.25) is 0 Å². The fourth-order valence-corrected chi connectivity index (χ4v) is 2.20. The van der Waals surface area contributed by atoms with Crippen LogP contribution in [0.25, 0.3) is 0 Å². The maximum atomic E-state index is 10.8. The lowest BCUT2D eigenvalue weighted by Crippen LogP contribution is -2.46. The lowest BCUT2D eigenvalue weighted by atomic mass is 10.1. The molecule has 0 saturated carbocycles. The molecule has 0 spiro atoms. The van der Waals surface area contributed by atoms with E-state index in [1.54, 1.807) is 6.07 Å². The average molecular weight is 234 g/mol.